The van der Waals surface area contributed by atoms with Gasteiger partial charge in [0.2, 0.25) is 5.88 Å². The van der Waals surface area contributed by atoms with Crippen LogP contribution in [0.1, 0.15) is 40.5 Å². The standard InChI is InChI=1S/C21H23N5O2/c1-15-6-3-4-8-19(15)28-20-13-22-12-18(23-20)16-7-5-10-26(14-16)21(27)17-9-11-25(2)24-17/h3-4,6,8-9,11-13,16H,5,7,10,14H2,1-2H3. The van der Waals surface area contributed by atoms with E-state index in [9.17, 15) is 4.79 Å². The Labute approximate surface area is 164 Å². The number of ether oxygens (including phenoxy) is 1. The molecule has 1 unspecified atom stereocenters. The Morgan fingerprint density at radius 2 is 2.07 bits per heavy atom. The fourth-order valence-electron chi connectivity index (χ4n) is 3.49. The quantitative estimate of drug-likeness (QED) is 0.697. The third kappa shape index (κ3) is 3.88. The molecule has 0 N–H and O–H groups in total. The molecular formula is C21H23N5O2. The number of amides is 1. The maximum absolute atomic E-state index is 12.7. The van der Waals surface area contributed by atoms with E-state index in [0.717, 1.165) is 36.4 Å². The van der Waals surface area contributed by atoms with Gasteiger partial charge in [-0.05, 0) is 37.5 Å². The largest absolute Gasteiger partial charge is 0.437 e. The van der Waals surface area contributed by atoms with E-state index < -0.39 is 0 Å². The number of aromatic nitrogens is 4. The highest BCUT2D eigenvalue weighted by molar-refractivity contribution is 5.92. The molecule has 7 nitrogen and oxygen atoms in total. The zero-order valence-corrected chi connectivity index (χ0v) is 16.1. The Balaban J connectivity index is 1.49. The van der Waals surface area contributed by atoms with Gasteiger partial charge in [-0.2, -0.15) is 5.10 Å². The van der Waals surface area contributed by atoms with Crippen LogP contribution in [0.3, 0.4) is 0 Å². The van der Waals surface area contributed by atoms with E-state index in [1.54, 1.807) is 29.3 Å². The summed E-state index contributed by atoms with van der Waals surface area (Å²) in [5.74, 6) is 1.34. The first-order chi connectivity index (χ1) is 13.6. The smallest absolute Gasteiger partial charge is 0.274 e. The van der Waals surface area contributed by atoms with E-state index in [0.29, 0.717) is 18.1 Å². The second-order valence-electron chi connectivity index (χ2n) is 7.11. The lowest BCUT2D eigenvalue weighted by atomic mass is 9.95. The van der Waals surface area contributed by atoms with E-state index in [2.05, 4.69) is 15.1 Å². The molecule has 0 bridgehead atoms. The summed E-state index contributed by atoms with van der Waals surface area (Å²) in [5.41, 5.74) is 2.37. The van der Waals surface area contributed by atoms with E-state index in [-0.39, 0.29) is 11.8 Å². The summed E-state index contributed by atoms with van der Waals surface area (Å²) in [4.78, 5) is 23.6. The van der Waals surface area contributed by atoms with Crippen molar-refractivity contribution in [2.45, 2.75) is 25.7 Å². The molecule has 0 aliphatic carbocycles. The van der Waals surface area contributed by atoms with Crippen LogP contribution in [0.15, 0.2) is 48.9 Å². The molecule has 1 fully saturated rings. The molecule has 0 saturated carbocycles. The topological polar surface area (TPSA) is 73.1 Å². The first kappa shape index (κ1) is 18.2. The second kappa shape index (κ2) is 7.80. The number of carbonyl (C=O) groups excluding carboxylic acids is 1. The fourth-order valence-corrected chi connectivity index (χ4v) is 3.49. The van der Waals surface area contributed by atoms with Crippen LogP contribution >= 0.6 is 0 Å². The molecule has 28 heavy (non-hydrogen) atoms. The molecule has 1 aliphatic rings. The van der Waals surface area contributed by atoms with E-state index in [1.807, 2.05) is 43.1 Å². The molecule has 3 heterocycles. The minimum atomic E-state index is -0.0365. The normalized spacial score (nSPS) is 16.8. The Morgan fingerprint density at radius 1 is 1.21 bits per heavy atom. The maximum Gasteiger partial charge on any atom is 0.274 e. The summed E-state index contributed by atoms with van der Waals surface area (Å²) in [6.45, 7) is 3.34. The monoisotopic (exact) mass is 377 g/mol. The van der Waals surface area contributed by atoms with Crippen LogP contribution in [0.2, 0.25) is 0 Å². The Bertz CT molecular complexity index is 984. The molecule has 1 aliphatic heterocycles. The molecule has 0 spiro atoms. The highest BCUT2D eigenvalue weighted by Crippen LogP contribution is 2.28. The third-order valence-electron chi connectivity index (χ3n) is 5.00. The van der Waals surface area contributed by atoms with Crippen LogP contribution in [-0.4, -0.2) is 43.6 Å². The van der Waals surface area contributed by atoms with Crippen LogP contribution < -0.4 is 4.74 Å². The lowest BCUT2D eigenvalue weighted by Gasteiger charge is -2.32. The van der Waals surface area contributed by atoms with Gasteiger partial charge in [0.05, 0.1) is 11.9 Å². The molecule has 4 rings (SSSR count). The molecule has 144 valence electrons. The van der Waals surface area contributed by atoms with Gasteiger partial charge in [-0.1, -0.05) is 18.2 Å². The van der Waals surface area contributed by atoms with Crippen molar-refractivity contribution in [2.75, 3.05) is 13.1 Å². The lowest BCUT2D eigenvalue weighted by molar-refractivity contribution is 0.0699. The third-order valence-corrected chi connectivity index (χ3v) is 5.00. The fraction of sp³-hybridized carbons (Fsp3) is 0.333. The number of carbonyl (C=O) groups is 1. The number of hydrogen-bond donors (Lipinski definition) is 0. The molecule has 0 radical (unpaired) electrons. The predicted octanol–water partition coefficient (Wildman–Crippen LogP) is 3.33. The van der Waals surface area contributed by atoms with Crippen molar-refractivity contribution < 1.29 is 9.53 Å². The molecule has 1 atom stereocenters. The van der Waals surface area contributed by atoms with Gasteiger partial charge in [0.25, 0.3) is 5.91 Å². The minimum Gasteiger partial charge on any atom is -0.437 e. The number of likely N-dealkylation sites (tertiary alicyclic amines) is 1. The zero-order valence-electron chi connectivity index (χ0n) is 16.1. The molecule has 7 heteroatoms. The summed E-state index contributed by atoms with van der Waals surface area (Å²) in [7, 11) is 1.81. The van der Waals surface area contributed by atoms with Gasteiger partial charge in [0.15, 0.2) is 0 Å². The van der Waals surface area contributed by atoms with Crippen molar-refractivity contribution in [2.24, 2.45) is 7.05 Å². The van der Waals surface area contributed by atoms with Gasteiger partial charge in [-0.3, -0.25) is 14.5 Å². The summed E-state index contributed by atoms with van der Waals surface area (Å²) in [6.07, 6.45) is 7.06. The van der Waals surface area contributed by atoms with E-state index in [1.165, 1.54) is 0 Å². The van der Waals surface area contributed by atoms with Crippen molar-refractivity contribution in [1.82, 2.24) is 24.6 Å². The van der Waals surface area contributed by atoms with Crippen molar-refractivity contribution >= 4 is 5.91 Å². The van der Waals surface area contributed by atoms with Crippen LogP contribution in [-0.2, 0) is 7.05 Å². The van der Waals surface area contributed by atoms with Crippen LogP contribution in [0, 0.1) is 6.92 Å². The maximum atomic E-state index is 12.7. The van der Waals surface area contributed by atoms with Crippen LogP contribution in [0.4, 0.5) is 0 Å². The summed E-state index contributed by atoms with van der Waals surface area (Å²) in [5, 5.41) is 4.23. The van der Waals surface area contributed by atoms with Crippen LogP contribution in [0.5, 0.6) is 11.6 Å². The number of aryl methyl sites for hydroxylation is 2. The highest BCUT2D eigenvalue weighted by Gasteiger charge is 2.27. The molecule has 1 saturated heterocycles. The Hall–Kier alpha value is -3.22. The summed E-state index contributed by atoms with van der Waals surface area (Å²) in [6, 6.07) is 9.57. The molecular weight excluding hydrogens is 354 g/mol. The van der Waals surface area contributed by atoms with Gasteiger partial charge < -0.3 is 9.64 Å². The first-order valence-electron chi connectivity index (χ1n) is 9.44. The lowest BCUT2D eigenvalue weighted by Crippen LogP contribution is -2.39. The molecule has 1 aromatic carbocycles. The SMILES string of the molecule is Cc1ccccc1Oc1cncc(C2CCCN(C(=O)c3ccn(C)n3)C2)n1. The highest BCUT2D eigenvalue weighted by atomic mass is 16.5. The molecule has 2 aromatic heterocycles. The molecule has 3 aromatic rings. The zero-order chi connectivity index (χ0) is 19.5. The van der Waals surface area contributed by atoms with E-state index >= 15 is 0 Å². The number of rotatable bonds is 4. The van der Waals surface area contributed by atoms with Crippen molar-refractivity contribution in [3.63, 3.8) is 0 Å². The van der Waals surface area contributed by atoms with Crippen LogP contribution in [0.25, 0.3) is 0 Å². The van der Waals surface area contributed by atoms with Gasteiger partial charge in [0, 0.05) is 38.4 Å². The number of benzene rings is 1. The summed E-state index contributed by atoms with van der Waals surface area (Å²) >= 11 is 0. The Kier molecular flexibility index (Phi) is 5.06. The number of hydrogen-bond acceptors (Lipinski definition) is 5. The van der Waals surface area contributed by atoms with Crippen molar-refractivity contribution in [3.8, 4) is 11.6 Å². The predicted molar refractivity (Wildman–Crippen MR) is 104 cm³/mol. The minimum absolute atomic E-state index is 0.0365. The van der Waals surface area contributed by atoms with Crippen molar-refractivity contribution in [1.29, 1.82) is 0 Å². The second-order valence-corrected chi connectivity index (χ2v) is 7.11. The first-order valence-corrected chi connectivity index (χ1v) is 9.44. The number of piperidine rings is 1. The Morgan fingerprint density at radius 3 is 2.86 bits per heavy atom. The van der Waals surface area contributed by atoms with Gasteiger partial charge >= 0.3 is 0 Å². The van der Waals surface area contributed by atoms with E-state index in [4.69, 9.17) is 4.74 Å². The van der Waals surface area contributed by atoms with Gasteiger partial charge in [0.1, 0.15) is 11.4 Å². The van der Waals surface area contributed by atoms with Gasteiger partial charge in [-0.15, -0.1) is 0 Å². The van der Waals surface area contributed by atoms with Gasteiger partial charge in [-0.25, -0.2) is 4.98 Å². The van der Waals surface area contributed by atoms with Crippen molar-refractivity contribution in [3.05, 3.63) is 65.9 Å². The summed E-state index contributed by atoms with van der Waals surface area (Å²) < 4.78 is 7.57. The average molecular weight is 377 g/mol. The number of nitrogens with zero attached hydrogens (tertiary/aromatic N) is 5. The molecule has 1 amide bonds. The number of para-hydroxylation sites is 1. The average Bonchev–Trinajstić information content (AvgIpc) is 3.16.